The van der Waals surface area contributed by atoms with Crippen LogP contribution < -0.4 is 11.1 Å². The number of rotatable bonds is 2. The lowest BCUT2D eigenvalue weighted by Gasteiger charge is -2.17. The monoisotopic (exact) mass is 195 g/mol. The zero-order chi connectivity index (χ0) is 10.6. The first-order chi connectivity index (χ1) is 6.69. The van der Waals surface area contributed by atoms with E-state index in [0.29, 0.717) is 12.0 Å². The molecule has 14 heavy (non-hydrogen) atoms. The summed E-state index contributed by atoms with van der Waals surface area (Å²) in [6.07, 6.45) is 6.17. The second kappa shape index (κ2) is 5.27. The first-order valence-corrected chi connectivity index (χ1v) is 5.32. The minimum atomic E-state index is 0.104. The van der Waals surface area contributed by atoms with Crippen molar-refractivity contribution in [3.05, 3.63) is 11.8 Å². The van der Waals surface area contributed by atoms with E-state index in [1.165, 1.54) is 0 Å². The third kappa shape index (κ3) is 2.66. The van der Waals surface area contributed by atoms with Crippen LogP contribution in [0.5, 0.6) is 0 Å². The predicted octanol–water partition coefficient (Wildman–Crippen LogP) is 1.31. The van der Waals surface area contributed by atoms with E-state index < -0.39 is 0 Å². The highest BCUT2D eigenvalue weighted by Crippen LogP contribution is 2.22. The maximum atomic E-state index is 6.03. The summed E-state index contributed by atoms with van der Waals surface area (Å²) in [4.78, 5) is 4.33. The van der Waals surface area contributed by atoms with Gasteiger partial charge in [0, 0.05) is 18.3 Å². The molecular weight excluding hydrogens is 174 g/mol. The van der Waals surface area contributed by atoms with Crippen molar-refractivity contribution in [1.29, 1.82) is 0 Å². The summed E-state index contributed by atoms with van der Waals surface area (Å²) in [6, 6.07) is 0.509. The minimum absolute atomic E-state index is 0.104. The Kier molecular flexibility index (Phi) is 4.29. The molecule has 0 radical (unpaired) electrons. The molecule has 1 aliphatic rings. The third-order valence-electron chi connectivity index (χ3n) is 2.89. The first-order valence-electron chi connectivity index (χ1n) is 5.32. The van der Waals surface area contributed by atoms with Crippen molar-refractivity contribution in [3.63, 3.8) is 0 Å². The van der Waals surface area contributed by atoms with E-state index in [-0.39, 0.29) is 6.04 Å². The van der Waals surface area contributed by atoms with Gasteiger partial charge < -0.3 is 11.1 Å². The molecule has 3 unspecified atom stereocenters. The molecule has 0 amide bonds. The molecule has 80 valence electrons. The maximum absolute atomic E-state index is 6.03. The number of hydrogen-bond donors (Lipinski definition) is 2. The Bertz CT molecular complexity index is 233. The number of likely N-dealkylation sites (N-methyl/N-ethyl adjacent to an activating group) is 1. The van der Waals surface area contributed by atoms with Gasteiger partial charge in [0.2, 0.25) is 0 Å². The zero-order valence-corrected chi connectivity index (χ0v) is 9.33. The van der Waals surface area contributed by atoms with Gasteiger partial charge in [0.15, 0.2) is 0 Å². The Morgan fingerprint density at radius 1 is 1.57 bits per heavy atom. The summed E-state index contributed by atoms with van der Waals surface area (Å²) in [5, 5.41) is 3.30. The van der Waals surface area contributed by atoms with Gasteiger partial charge in [-0.05, 0) is 38.8 Å². The van der Waals surface area contributed by atoms with Crippen LogP contribution in [-0.4, -0.2) is 25.3 Å². The lowest BCUT2D eigenvalue weighted by Crippen LogP contribution is -2.29. The van der Waals surface area contributed by atoms with Crippen molar-refractivity contribution < 1.29 is 0 Å². The van der Waals surface area contributed by atoms with Gasteiger partial charge in [-0.2, -0.15) is 0 Å². The molecule has 1 aliphatic carbocycles. The van der Waals surface area contributed by atoms with Crippen LogP contribution >= 0.6 is 0 Å². The van der Waals surface area contributed by atoms with Gasteiger partial charge in [0.1, 0.15) is 0 Å². The van der Waals surface area contributed by atoms with Crippen molar-refractivity contribution in [1.82, 2.24) is 5.32 Å². The van der Waals surface area contributed by atoms with E-state index in [9.17, 15) is 0 Å². The number of aliphatic imine (C=N–C) groups is 1. The minimum Gasteiger partial charge on any atom is -0.323 e. The van der Waals surface area contributed by atoms with Crippen LogP contribution in [0.1, 0.15) is 26.7 Å². The van der Waals surface area contributed by atoms with E-state index in [1.807, 2.05) is 20.2 Å². The summed E-state index contributed by atoms with van der Waals surface area (Å²) in [6.45, 7) is 4.18. The SMILES string of the molecule is CC=NC1=CC(NC)C(C)CCC1N. The largest absolute Gasteiger partial charge is 0.323 e. The quantitative estimate of drug-likeness (QED) is 0.653. The number of hydrogen-bond acceptors (Lipinski definition) is 3. The van der Waals surface area contributed by atoms with Crippen molar-refractivity contribution in [2.45, 2.75) is 38.8 Å². The van der Waals surface area contributed by atoms with Gasteiger partial charge in [-0.3, -0.25) is 4.99 Å². The number of nitrogens with two attached hydrogens (primary N) is 1. The topological polar surface area (TPSA) is 50.4 Å². The molecular formula is C11H21N3. The zero-order valence-electron chi connectivity index (χ0n) is 9.33. The lowest BCUT2D eigenvalue weighted by molar-refractivity contribution is 0.426. The standard InChI is InChI=1S/C11H21N3/c1-4-14-11-7-10(13-3)8(2)5-6-9(11)12/h4,7-10,13H,5-6,12H2,1-3H3. The molecule has 0 heterocycles. The number of nitrogens with one attached hydrogen (secondary N) is 1. The summed E-state index contributed by atoms with van der Waals surface area (Å²) in [7, 11) is 1.99. The smallest absolute Gasteiger partial charge is 0.0542 e. The van der Waals surface area contributed by atoms with Crippen LogP contribution in [0.3, 0.4) is 0 Å². The van der Waals surface area contributed by atoms with E-state index in [2.05, 4.69) is 23.3 Å². The van der Waals surface area contributed by atoms with Gasteiger partial charge in [-0.15, -0.1) is 0 Å². The second-order valence-corrected chi connectivity index (χ2v) is 3.95. The maximum Gasteiger partial charge on any atom is 0.0542 e. The average Bonchev–Trinajstić information content (AvgIpc) is 2.31. The van der Waals surface area contributed by atoms with Crippen molar-refractivity contribution in [2.24, 2.45) is 16.6 Å². The molecule has 0 fully saturated rings. The second-order valence-electron chi connectivity index (χ2n) is 3.95. The molecule has 0 aromatic rings. The van der Waals surface area contributed by atoms with Crippen LogP contribution in [-0.2, 0) is 0 Å². The van der Waals surface area contributed by atoms with Crippen LogP contribution in [0.2, 0.25) is 0 Å². The fourth-order valence-electron chi connectivity index (χ4n) is 1.90. The summed E-state index contributed by atoms with van der Waals surface area (Å²) >= 11 is 0. The molecule has 3 heteroatoms. The predicted molar refractivity (Wildman–Crippen MR) is 61.5 cm³/mol. The summed E-state index contributed by atoms with van der Waals surface area (Å²) < 4.78 is 0. The van der Waals surface area contributed by atoms with Gasteiger partial charge in [0.25, 0.3) is 0 Å². The first kappa shape index (κ1) is 11.4. The van der Waals surface area contributed by atoms with Crippen LogP contribution in [0.15, 0.2) is 16.8 Å². The summed E-state index contributed by atoms with van der Waals surface area (Å²) in [5.74, 6) is 0.635. The molecule has 0 aliphatic heterocycles. The van der Waals surface area contributed by atoms with Gasteiger partial charge in [-0.1, -0.05) is 6.92 Å². The number of nitrogens with zero attached hydrogens (tertiary/aromatic N) is 1. The van der Waals surface area contributed by atoms with Crippen molar-refractivity contribution in [2.75, 3.05) is 7.05 Å². The molecule has 0 aromatic carbocycles. The fraction of sp³-hybridized carbons (Fsp3) is 0.727. The highest BCUT2D eigenvalue weighted by Gasteiger charge is 2.21. The molecule has 0 spiro atoms. The normalized spacial score (nSPS) is 34.3. The highest BCUT2D eigenvalue weighted by molar-refractivity contribution is 5.55. The van der Waals surface area contributed by atoms with Crippen LogP contribution in [0, 0.1) is 5.92 Å². The van der Waals surface area contributed by atoms with Crippen molar-refractivity contribution >= 4 is 6.21 Å². The Labute approximate surface area is 86.5 Å². The van der Waals surface area contributed by atoms with Gasteiger partial charge in [-0.25, -0.2) is 0 Å². The van der Waals surface area contributed by atoms with Crippen LogP contribution in [0.25, 0.3) is 0 Å². The molecule has 3 nitrogen and oxygen atoms in total. The highest BCUT2D eigenvalue weighted by atomic mass is 14.9. The average molecular weight is 195 g/mol. The Hall–Kier alpha value is -0.670. The molecule has 0 saturated carbocycles. The van der Waals surface area contributed by atoms with Gasteiger partial charge in [0.05, 0.1) is 5.70 Å². The summed E-state index contributed by atoms with van der Waals surface area (Å²) in [5.41, 5.74) is 7.06. The van der Waals surface area contributed by atoms with E-state index in [4.69, 9.17) is 5.73 Å². The Balaban J connectivity index is 2.85. The molecule has 3 atom stereocenters. The Morgan fingerprint density at radius 2 is 2.29 bits per heavy atom. The van der Waals surface area contributed by atoms with E-state index in [1.54, 1.807) is 0 Å². The fourth-order valence-corrected chi connectivity index (χ4v) is 1.90. The molecule has 0 aromatic heterocycles. The molecule has 0 saturated heterocycles. The molecule has 3 N–H and O–H groups in total. The van der Waals surface area contributed by atoms with Gasteiger partial charge >= 0.3 is 0 Å². The van der Waals surface area contributed by atoms with Crippen molar-refractivity contribution in [3.8, 4) is 0 Å². The third-order valence-corrected chi connectivity index (χ3v) is 2.89. The van der Waals surface area contributed by atoms with E-state index in [0.717, 1.165) is 18.5 Å². The Morgan fingerprint density at radius 3 is 2.86 bits per heavy atom. The van der Waals surface area contributed by atoms with E-state index >= 15 is 0 Å². The lowest BCUT2D eigenvalue weighted by atomic mass is 9.98. The molecule has 1 rings (SSSR count). The van der Waals surface area contributed by atoms with Crippen LogP contribution in [0.4, 0.5) is 0 Å². The molecule has 0 bridgehead atoms.